The fourth-order valence-electron chi connectivity index (χ4n) is 11.0. The van der Waals surface area contributed by atoms with Gasteiger partial charge in [0, 0.05) is 33.6 Å². The van der Waals surface area contributed by atoms with Gasteiger partial charge >= 0.3 is 11.9 Å². The molecule has 0 bridgehead atoms. The molecule has 32 atom stereocenters. The summed E-state index contributed by atoms with van der Waals surface area (Å²) in [4.78, 5) is 64.1. The molecule has 24 N–H and O–H groups in total. The summed E-state index contributed by atoms with van der Waals surface area (Å²) in [5.74, 6) is -13.7. The molecule has 0 aromatic rings. The van der Waals surface area contributed by atoms with Crippen LogP contribution < -0.4 is 16.0 Å². The number of carboxylic acids is 2. The number of hydrogen-bond acceptors (Lipinski definition) is 35. The van der Waals surface area contributed by atoms with Crippen molar-refractivity contribution in [1.82, 2.24) is 16.0 Å². The molecule has 0 unspecified atom stereocenters. The highest BCUT2D eigenvalue weighted by Gasteiger charge is 2.63. The Kier molecular flexibility index (Phi) is 25.6. The predicted octanol–water partition coefficient (Wildman–Crippen LogP) is -15.3. The van der Waals surface area contributed by atoms with E-state index in [9.17, 15) is 131 Å². The topological polar surface area (TPSA) is 648 Å². The van der Waals surface area contributed by atoms with Gasteiger partial charge in [0.25, 0.3) is 11.6 Å². The van der Waals surface area contributed by atoms with Gasteiger partial charge in [-0.3, -0.25) is 14.4 Å². The van der Waals surface area contributed by atoms with Crippen molar-refractivity contribution < 1.29 is 183 Å². The van der Waals surface area contributed by atoms with Crippen molar-refractivity contribution in [3.63, 3.8) is 0 Å². The molecule has 0 spiro atoms. The summed E-state index contributed by atoms with van der Waals surface area (Å²) in [6, 6.07) is -5.63. The van der Waals surface area contributed by atoms with Gasteiger partial charge in [0.15, 0.2) is 25.2 Å². The molecule has 6 rings (SSSR count). The summed E-state index contributed by atoms with van der Waals surface area (Å²) in [6.45, 7) is -4.43. The number of hydrogen-bond donors (Lipinski definition) is 24. The van der Waals surface area contributed by atoms with Crippen molar-refractivity contribution in [2.75, 3.05) is 39.6 Å². The largest absolute Gasteiger partial charge is 0.477 e. The number of aliphatic hydroxyl groups excluding tert-OH is 19. The van der Waals surface area contributed by atoms with Gasteiger partial charge in [0.05, 0.1) is 63.9 Å². The molecule has 6 heterocycles. The Balaban J connectivity index is 1.43. The lowest BCUT2D eigenvalue weighted by Crippen LogP contribution is -2.72. The number of aliphatic carboxylic acids is 2. The lowest BCUT2D eigenvalue weighted by atomic mass is 9.88. The third kappa shape index (κ3) is 15.8. The Morgan fingerprint density at radius 2 is 0.864 bits per heavy atom. The molecule has 0 aromatic heterocycles. The standard InChI is InChI=1S/C48H79N3O37/c1-12(57)49-23-15(60)4-47(45(74)75,86-37(23)26(64)17(62)6-52)78-11-22-30(68)36(25(51-14(3)59)42(82-22)85-39-28(66)19(8-54)80-43(33(39)71)83-35-21(10-56)79-41(73)32(70)31(35)69)84-44-34(72)40(29(67)20(9-55)81-44)88-48(46(76)77)5-16(61)24(50-13(2)58)38(87-48)27(65)18(63)7-53/h15-44,52-56,60-73H,4-11H2,1-3H3,(H,49,57)(H,50,58)(H,51,59)(H,74,75)(H,76,77)/t15-,16-,17+,18+,19+,20+,21+,22+,23+,24+,25+,26+,27+,28-,29-,30+,31+,32+,33+,34+,35+,36+,37+,38+,39-,40-,41-,42-,43-,44-,47-,48+/m0/s1. The first-order chi connectivity index (χ1) is 41.2. The third-order valence-electron chi connectivity index (χ3n) is 15.6. The van der Waals surface area contributed by atoms with Crippen molar-refractivity contribution in [1.29, 1.82) is 0 Å². The molecular formula is C48H79N3O37. The zero-order valence-corrected chi connectivity index (χ0v) is 46.9. The SMILES string of the molecule is CC(=O)N[C@H]1[C@H](O[C@H]2[C@@H](O)[C@@H](CO)O[C@@H](O[C@H]3[C@H](O)[C@@H](O)[C@@H](O)O[C@@H]3CO)[C@@H]2O)O[C@H](CO[C@@]2(C(=O)O)C[C@H](O)[C@@H](NC(C)=O)[C@H]([C@H](O)[C@H](O)CO)O2)[C@@H](O)[C@@H]1O[C@@H]1O[C@H](CO)[C@H](O)[C@H](O[C@@]2(C(=O)O)C[C@H](O)[C@@H](NC(C)=O)[C@H]([C@H](O)[C@H](O)CO)O2)[C@H]1O. The fraction of sp³-hybridized carbons (Fsp3) is 0.896. The Morgan fingerprint density at radius 1 is 0.466 bits per heavy atom. The molecule has 508 valence electrons. The Bertz CT molecular complexity index is 2320. The maximum Gasteiger partial charge on any atom is 0.364 e. The molecule has 6 saturated heterocycles. The number of aliphatic hydroxyl groups is 19. The number of carboxylic acid groups (broad SMARTS) is 2. The number of carbonyl (C=O) groups is 5. The van der Waals surface area contributed by atoms with Crippen molar-refractivity contribution in [2.45, 2.75) is 229 Å². The maximum absolute atomic E-state index is 13.3. The van der Waals surface area contributed by atoms with Crippen LogP contribution in [0.5, 0.6) is 0 Å². The molecule has 6 fully saturated rings. The Hall–Kier alpha value is -3.85. The number of amides is 3. The van der Waals surface area contributed by atoms with Gasteiger partial charge in [-0.05, 0) is 0 Å². The van der Waals surface area contributed by atoms with E-state index in [-0.39, 0.29) is 0 Å². The zero-order chi connectivity index (χ0) is 65.8. The van der Waals surface area contributed by atoms with Crippen molar-refractivity contribution in [3.05, 3.63) is 0 Å². The maximum atomic E-state index is 13.3. The second-order valence-corrected chi connectivity index (χ2v) is 21.9. The van der Waals surface area contributed by atoms with Crippen molar-refractivity contribution >= 4 is 29.7 Å². The van der Waals surface area contributed by atoms with Crippen LogP contribution in [0.1, 0.15) is 33.6 Å². The number of rotatable bonds is 25. The van der Waals surface area contributed by atoms with Crippen molar-refractivity contribution in [2.24, 2.45) is 0 Å². The third-order valence-corrected chi connectivity index (χ3v) is 15.6. The number of ether oxygens (including phenoxy) is 11. The van der Waals surface area contributed by atoms with Gasteiger partial charge in [-0.2, -0.15) is 0 Å². The van der Waals surface area contributed by atoms with E-state index in [4.69, 9.17) is 52.1 Å². The van der Waals surface area contributed by atoms with E-state index in [1.807, 2.05) is 0 Å². The molecule has 0 aliphatic carbocycles. The summed E-state index contributed by atoms with van der Waals surface area (Å²) in [5, 5.41) is 234. The van der Waals surface area contributed by atoms with Gasteiger partial charge in [-0.15, -0.1) is 0 Å². The van der Waals surface area contributed by atoms with Crippen LogP contribution in [0.4, 0.5) is 0 Å². The van der Waals surface area contributed by atoms with Crippen LogP contribution in [-0.4, -0.2) is 372 Å². The summed E-state index contributed by atoms with van der Waals surface area (Å²) >= 11 is 0. The van der Waals surface area contributed by atoms with Gasteiger partial charge in [0.2, 0.25) is 17.7 Å². The lowest BCUT2D eigenvalue weighted by molar-refractivity contribution is -0.391. The van der Waals surface area contributed by atoms with Crippen LogP contribution in [0.25, 0.3) is 0 Å². The fourth-order valence-corrected chi connectivity index (χ4v) is 11.0. The summed E-state index contributed by atoms with van der Waals surface area (Å²) < 4.78 is 63.1. The summed E-state index contributed by atoms with van der Waals surface area (Å²) in [7, 11) is 0. The van der Waals surface area contributed by atoms with Crippen LogP contribution >= 0.6 is 0 Å². The first kappa shape index (κ1) is 73.2. The second kappa shape index (κ2) is 30.7. The van der Waals surface area contributed by atoms with Crippen LogP contribution in [0.15, 0.2) is 0 Å². The molecular weight excluding hydrogens is 1210 g/mol. The molecule has 6 aliphatic rings. The van der Waals surface area contributed by atoms with E-state index >= 15 is 0 Å². The van der Waals surface area contributed by atoms with E-state index < -0.39 is 277 Å². The highest BCUT2D eigenvalue weighted by Crippen LogP contribution is 2.41. The van der Waals surface area contributed by atoms with E-state index in [2.05, 4.69) is 16.0 Å². The Morgan fingerprint density at radius 3 is 1.32 bits per heavy atom. The monoisotopic (exact) mass is 1290 g/mol. The van der Waals surface area contributed by atoms with E-state index in [0.29, 0.717) is 0 Å². The Labute approximate surface area is 496 Å². The number of carbonyl (C=O) groups excluding carboxylic acids is 3. The van der Waals surface area contributed by atoms with Gasteiger partial charge < -0.3 is 175 Å². The predicted molar refractivity (Wildman–Crippen MR) is 268 cm³/mol. The first-order valence-corrected chi connectivity index (χ1v) is 27.4. The average Bonchev–Trinajstić information content (AvgIpc) is 0.809. The number of nitrogens with one attached hydrogen (secondary N) is 3. The van der Waals surface area contributed by atoms with E-state index in [0.717, 1.165) is 20.8 Å². The molecule has 40 heteroatoms. The normalized spacial score (nSPS) is 44.6. The minimum absolute atomic E-state index is 0.854. The molecule has 0 radical (unpaired) electrons. The van der Waals surface area contributed by atoms with Crippen LogP contribution in [0, 0.1) is 0 Å². The van der Waals surface area contributed by atoms with Crippen LogP contribution in [-0.2, 0) is 76.1 Å². The highest BCUT2D eigenvalue weighted by molar-refractivity contribution is 5.77. The van der Waals surface area contributed by atoms with Crippen LogP contribution in [0.3, 0.4) is 0 Å². The van der Waals surface area contributed by atoms with Crippen molar-refractivity contribution in [3.8, 4) is 0 Å². The minimum Gasteiger partial charge on any atom is -0.477 e. The van der Waals surface area contributed by atoms with Gasteiger partial charge in [-0.1, -0.05) is 0 Å². The minimum atomic E-state index is -3.34. The van der Waals surface area contributed by atoms with E-state index in [1.54, 1.807) is 0 Å². The molecule has 3 amide bonds. The molecule has 0 aromatic carbocycles. The van der Waals surface area contributed by atoms with Crippen LogP contribution in [0.2, 0.25) is 0 Å². The highest BCUT2D eigenvalue weighted by atomic mass is 16.8. The van der Waals surface area contributed by atoms with Gasteiger partial charge in [-0.25, -0.2) is 9.59 Å². The molecule has 40 nitrogen and oxygen atoms in total. The average molecular weight is 1290 g/mol. The summed E-state index contributed by atoms with van der Waals surface area (Å²) in [6.07, 6.45) is -62.1. The van der Waals surface area contributed by atoms with Gasteiger partial charge in [0.1, 0.15) is 134 Å². The molecule has 88 heavy (non-hydrogen) atoms. The molecule has 6 aliphatic heterocycles. The second-order valence-electron chi connectivity index (χ2n) is 21.9. The first-order valence-electron chi connectivity index (χ1n) is 27.4. The summed E-state index contributed by atoms with van der Waals surface area (Å²) in [5.41, 5.74) is 0. The van der Waals surface area contributed by atoms with E-state index in [1.165, 1.54) is 0 Å². The molecule has 0 saturated carbocycles. The zero-order valence-electron chi connectivity index (χ0n) is 46.9. The quantitative estimate of drug-likeness (QED) is 0.0404. The lowest BCUT2D eigenvalue weighted by Gasteiger charge is -2.52. The smallest absolute Gasteiger partial charge is 0.364 e.